The van der Waals surface area contributed by atoms with Crippen molar-refractivity contribution in [1.82, 2.24) is 5.32 Å². The van der Waals surface area contributed by atoms with E-state index in [0.29, 0.717) is 39.0 Å². The Kier molecular flexibility index (Phi) is 5.88. The molecular weight excluding hydrogens is 247 g/mol. The Hall–Kier alpha value is -0.330. The van der Waals surface area contributed by atoms with Gasteiger partial charge in [-0.25, -0.2) is 0 Å². The molecule has 1 fully saturated rings. The zero-order valence-electron chi connectivity index (χ0n) is 10.7. The SMILES string of the molecule is CC(CCCC(F)(F)F)NCC1(O)CCOCC1. The maximum absolute atomic E-state index is 12.0. The predicted octanol–water partition coefficient (Wildman–Crippen LogP) is 2.24. The van der Waals surface area contributed by atoms with Crippen LogP contribution in [0.1, 0.15) is 39.0 Å². The summed E-state index contributed by atoms with van der Waals surface area (Å²) in [5.74, 6) is 0. The normalized spacial score (nSPS) is 21.8. The highest BCUT2D eigenvalue weighted by Gasteiger charge is 2.30. The van der Waals surface area contributed by atoms with Gasteiger partial charge in [-0.2, -0.15) is 13.2 Å². The third-order valence-electron chi connectivity index (χ3n) is 3.30. The molecule has 0 saturated carbocycles. The van der Waals surface area contributed by atoms with Crippen LogP contribution in [0.2, 0.25) is 0 Å². The zero-order chi connectivity index (χ0) is 13.6. The molecule has 6 heteroatoms. The standard InChI is InChI=1S/C12H22F3NO2/c1-10(3-2-4-12(13,14)15)16-9-11(17)5-7-18-8-6-11/h10,16-17H,2-9H2,1H3. The molecule has 3 nitrogen and oxygen atoms in total. The van der Waals surface area contributed by atoms with Crippen molar-refractivity contribution in [2.24, 2.45) is 0 Å². The van der Waals surface area contributed by atoms with Gasteiger partial charge in [-0.1, -0.05) is 0 Å². The van der Waals surface area contributed by atoms with Crippen molar-refractivity contribution in [3.63, 3.8) is 0 Å². The van der Waals surface area contributed by atoms with E-state index >= 15 is 0 Å². The van der Waals surface area contributed by atoms with Gasteiger partial charge in [-0.05, 0) is 19.8 Å². The molecule has 0 aliphatic carbocycles. The number of rotatable bonds is 6. The molecule has 0 radical (unpaired) electrons. The number of halogens is 3. The number of alkyl halides is 3. The first-order valence-corrected chi connectivity index (χ1v) is 6.41. The van der Waals surface area contributed by atoms with Crippen LogP contribution in [-0.2, 0) is 4.74 Å². The predicted molar refractivity (Wildman–Crippen MR) is 62.4 cm³/mol. The Morgan fingerprint density at radius 3 is 2.50 bits per heavy atom. The molecule has 1 heterocycles. The van der Waals surface area contributed by atoms with Crippen molar-refractivity contribution in [1.29, 1.82) is 0 Å². The lowest BCUT2D eigenvalue weighted by molar-refractivity contribution is -0.135. The maximum Gasteiger partial charge on any atom is 0.389 e. The second-order valence-corrected chi connectivity index (χ2v) is 5.13. The Labute approximate surface area is 106 Å². The molecule has 18 heavy (non-hydrogen) atoms. The molecule has 1 unspecified atom stereocenters. The number of ether oxygens (including phenoxy) is 1. The van der Waals surface area contributed by atoms with Gasteiger partial charge in [0.05, 0.1) is 5.60 Å². The summed E-state index contributed by atoms with van der Waals surface area (Å²) in [6.07, 6.45) is -3.06. The molecule has 0 aromatic carbocycles. The van der Waals surface area contributed by atoms with Crippen LogP contribution in [0.4, 0.5) is 13.2 Å². The highest BCUT2D eigenvalue weighted by Crippen LogP contribution is 2.23. The van der Waals surface area contributed by atoms with Crippen LogP contribution in [0.5, 0.6) is 0 Å². The topological polar surface area (TPSA) is 41.5 Å². The van der Waals surface area contributed by atoms with Gasteiger partial charge in [-0.3, -0.25) is 0 Å². The van der Waals surface area contributed by atoms with E-state index < -0.39 is 18.2 Å². The lowest BCUT2D eigenvalue weighted by Crippen LogP contribution is -2.47. The monoisotopic (exact) mass is 269 g/mol. The Morgan fingerprint density at radius 2 is 1.94 bits per heavy atom. The Morgan fingerprint density at radius 1 is 1.33 bits per heavy atom. The van der Waals surface area contributed by atoms with Gasteiger partial charge in [-0.15, -0.1) is 0 Å². The third kappa shape index (κ3) is 6.56. The van der Waals surface area contributed by atoms with Crippen molar-refractivity contribution >= 4 is 0 Å². The summed E-state index contributed by atoms with van der Waals surface area (Å²) in [6.45, 7) is 3.35. The number of hydrogen-bond donors (Lipinski definition) is 2. The van der Waals surface area contributed by atoms with Crippen molar-refractivity contribution in [2.75, 3.05) is 19.8 Å². The summed E-state index contributed by atoms with van der Waals surface area (Å²) >= 11 is 0. The highest BCUT2D eigenvalue weighted by atomic mass is 19.4. The number of hydrogen-bond acceptors (Lipinski definition) is 3. The third-order valence-corrected chi connectivity index (χ3v) is 3.30. The van der Waals surface area contributed by atoms with E-state index in [1.54, 1.807) is 0 Å². The molecule has 1 saturated heterocycles. The quantitative estimate of drug-likeness (QED) is 0.777. The minimum Gasteiger partial charge on any atom is -0.388 e. The van der Waals surface area contributed by atoms with Crippen molar-refractivity contribution in [3.8, 4) is 0 Å². The van der Waals surface area contributed by atoms with Crippen molar-refractivity contribution < 1.29 is 23.0 Å². The molecule has 1 aliphatic heterocycles. The first-order valence-electron chi connectivity index (χ1n) is 6.41. The summed E-state index contributed by atoms with van der Waals surface area (Å²) in [6, 6.07) is -0.0146. The molecule has 1 aliphatic rings. The van der Waals surface area contributed by atoms with Crippen LogP contribution in [-0.4, -0.2) is 42.7 Å². The van der Waals surface area contributed by atoms with Crippen LogP contribution in [0.25, 0.3) is 0 Å². The van der Waals surface area contributed by atoms with Crippen LogP contribution >= 0.6 is 0 Å². The fraction of sp³-hybridized carbons (Fsp3) is 1.00. The average molecular weight is 269 g/mol. The van der Waals surface area contributed by atoms with Crippen molar-refractivity contribution in [2.45, 2.75) is 56.8 Å². The average Bonchev–Trinajstić information content (AvgIpc) is 2.26. The van der Waals surface area contributed by atoms with Crippen LogP contribution in [0.3, 0.4) is 0 Å². The second-order valence-electron chi connectivity index (χ2n) is 5.13. The lowest BCUT2D eigenvalue weighted by atomic mass is 9.94. The first-order chi connectivity index (χ1) is 8.31. The molecule has 2 N–H and O–H groups in total. The summed E-state index contributed by atoms with van der Waals surface area (Å²) in [5.41, 5.74) is -0.767. The van der Waals surface area contributed by atoms with E-state index in [9.17, 15) is 18.3 Å². The smallest absolute Gasteiger partial charge is 0.388 e. The van der Waals surface area contributed by atoms with Gasteiger partial charge < -0.3 is 15.2 Å². The van der Waals surface area contributed by atoms with Crippen LogP contribution < -0.4 is 5.32 Å². The molecule has 0 aromatic rings. The fourth-order valence-corrected chi connectivity index (χ4v) is 2.00. The van der Waals surface area contributed by atoms with E-state index in [1.165, 1.54) is 0 Å². The molecule has 0 bridgehead atoms. The number of nitrogens with one attached hydrogen (secondary N) is 1. The van der Waals surface area contributed by atoms with E-state index in [2.05, 4.69) is 5.32 Å². The molecule has 1 rings (SSSR count). The summed E-state index contributed by atoms with van der Waals surface area (Å²) in [7, 11) is 0. The first kappa shape index (κ1) is 15.7. The minimum atomic E-state index is -4.07. The zero-order valence-corrected chi connectivity index (χ0v) is 10.7. The van der Waals surface area contributed by atoms with E-state index in [0.717, 1.165) is 0 Å². The Balaban J connectivity index is 2.14. The molecule has 0 aromatic heterocycles. The van der Waals surface area contributed by atoms with E-state index in [4.69, 9.17) is 4.74 Å². The van der Waals surface area contributed by atoms with Crippen LogP contribution in [0, 0.1) is 0 Å². The number of aliphatic hydroxyl groups is 1. The lowest BCUT2D eigenvalue weighted by Gasteiger charge is -2.33. The van der Waals surface area contributed by atoms with Gasteiger partial charge in [0.2, 0.25) is 0 Å². The molecule has 1 atom stereocenters. The van der Waals surface area contributed by atoms with E-state index in [1.807, 2.05) is 6.92 Å². The van der Waals surface area contributed by atoms with Gasteiger partial charge in [0.1, 0.15) is 0 Å². The summed E-state index contributed by atoms with van der Waals surface area (Å²) < 4.78 is 41.1. The molecule has 108 valence electrons. The maximum atomic E-state index is 12.0. The summed E-state index contributed by atoms with van der Waals surface area (Å²) in [4.78, 5) is 0. The second kappa shape index (κ2) is 6.73. The van der Waals surface area contributed by atoms with Gasteiger partial charge in [0.15, 0.2) is 0 Å². The Bertz CT molecular complexity index is 240. The van der Waals surface area contributed by atoms with Crippen molar-refractivity contribution in [3.05, 3.63) is 0 Å². The minimum absolute atomic E-state index is 0.0146. The van der Waals surface area contributed by atoms with E-state index in [-0.39, 0.29) is 12.5 Å². The highest BCUT2D eigenvalue weighted by molar-refractivity contribution is 4.84. The largest absolute Gasteiger partial charge is 0.389 e. The van der Waals surface area contributed by atoms with Gasteiger partial charge in [0, 0.05) is 45.1 Å². The van der Waals surface area contributed by atoms with Gasteiger partial charge >= 0.3 is 6.18 Å². The fourth-order valence-electron chi connectivity index (χ4n) is 2.00. The summed E-state index contributed by atoms with van der Waals surface area (Å²) in [5, 5.41) is 13.3. The van der Waals surface area contributed by atoms with Gasteiger partial charge in [0.25, 0.3) is 0 Å². The molecule has 0 spiro atoms. The molecular formula is C12H22F3NO2. The molecule has 0 amide bonds. The van der Waals surface area contributed by atoms with Crippen LogP contribution in [0.15, 0.2) is 0 Å².